The van der Waals surface area contributed by atoms with Crippen LogP contribution in [0.15, 0.2) is 0 Å². The van der Waals surface area contributed by atoms with E-state index in [1.54, 1.807) is 0 Å². The van der Waals surface area contributed by atoms with Crippen LogP contribution < -0.4 is 0 Å². The second-order valence-corrected chi connectivity index (χ2v) is 4.89. The summed E-state index contributed by atoms with van der Waals surface area (Å²) >= 11 is 0. The van der Waals surface area contributed by atoms with Gasteiger partial charge in [0.25, 0.3) is 0 Å². The lowest BCUT2D eigenvalue weighted by atomic mass is 10.6. The minimum atomic E-state index is -1.80. The average molecular weight is 192 g/mol. The topological polar surface area (TPSA) is 38.7 Å². The van der Waals surface area contributed by atoms with E-state index in [9.17, 15) is 4.80 Å². The van der Waals surface area contributed by atoms with Crippen LogP contribution in [0.3, 0.4) is 0 Å². The maximum atomic E-state index is 9.66. The molecule has 1 N–H and O–H groups in total. The first-order chi connectivity index (χ1) is 5.76. The Morgan fingerprint density at radius 2 is 1.67 bits per heavy atom. The fourth-order valence-corrected chi connectivity index (χ4v) is 2.72. The lowest BCUT2D eigenvalue weighted by Crippen LogP contribution is -2.35. The molecule has 0 radical (unpaired) electrons. The zero-order valence-electron chi connectivity index (χ0n) is 8.25. The van der Waals surface area contributed by atoms with Gasteiger partial charge in [-0.25, -0.2) is 0 Å². The minimum absolute atomic E-state index is 0.306. The van der Waals surface area contributed by atoms with E-state index in [0.29, 0.717) is 13.2 Å². The van der Waals surface area contributed by atoms with Crippen molar-refractivity contribution in [3.63, 3.8) is 0 Å². The van der Waals surface area contributed by atoms with Gasteiger partial charge in [0.05, 0.1) is 0 Å². The molecule has 0 bridgehead atoms. The van der Waals surface area contributed by atoms with Gasteiger partial charge in [-0.3, -0.25) is 0 Å². The molecular formula is C8H20O3Si. The quantitative estimate of drug-likeness (QED) is 0.484. The maximum Gasteiger partial charge on any atom is 0.234 e. The average Bonchev–Trinajstić information content (AvgIpc) is 2.04. The fourth-order valence-electron chi connectivity index (χ4n) is 1.03. The van der Waals surface area contributed by atoms with E-state index < -0.39 is 9.04 Å². The summed E-state index contributed by atoms with van der Waals surface area (Å²) < 4.78 is 10.6. The second kappa shape index (κ2) is 7.73. The van der Waals surface area contributed by atoms with E-state index >= 15 is 0 Å². The highest BCUT2D eigenvalue weighted by Crippen LogP contribution is 2.05. The molecule has 12 heavy (non-hydrogen) atoms. The molecule has 0 amide bonds. The van der Waals surface area contributed by atoms with Crippen molar-refractivity contribution in [3.05, 3.63) is 0 Å². The highest BCUT2D eigenvalue weighted by atomic mass is 28.3. The molecule has 0 aromatic rings. The minimum Gasteiger partial charge on any atom is -0.429 e. The highest BCUT2D eigenvalue weighted by Gasteiger charge is 2.20. The van der Waals surface area contributed by atoms with Crippen molar-refractivity contribution >= 4 is 9.04 Å². The van der Waals surface area contributed by atoms with Crippen molar-refractivity contribution in [1.82, 2.24) is 0 Å². The van der Waals surface area contributed by atoms with Crippen molar-refractivity contribution in [1.29, 1.82) is 0 Å². The number of rotatable bonds is 7. The summed E-state index contributed by atoms with van der Waals surface area (Å²) in [6.07, 6.45) is 1.00. The predicted octanol–water partition coefficient (Wildman–Crippen LogP) is 1.05. The Labute approximate surface area is 76.4 Å². The fraction of sp³-hybridized carbons (Fsp3) is 1.00. The van der Waals surface area contributed by atoms with Crippen LogP contribution in [0, 0.1) is 0 Å². The van der Waals surface area contributed by atoms with Crippen molar-refractivity contribution in [2.24, 2.45) is 0 Å². The summed E-state index contributed by atoms with van der Waals surface area (Å²) in [5, 5.41) is 0. The maximum absolute atomic E-state index is 9.66. The predicted molar refractivity (Wildman–Crippen MR) is 51.5 cm³/mol. The summed E-state index contributed by atoms with van der Waals surface area (Å²) in [5.41, 5.74) is 0. The molecule has 1 unspecified atom stereocenters. The van der Waals surface area contributed by atoms with Gasteiger partial charge in [-0.05, 0) is 19.9 Å². The molecule has 0 aromatic heterocycles. The van der Waals surface area contributed by atoms with Crippen LogP contribution in [0.2, 0.25) is 6.04 Å². The molecule has 0 rings (SSSR count). The van der Waals surface area contributed by atoms with E-state index in [-0.39, 0.29) is 5.91 Å². The molecule has 0 aliphatic heterocycles. The van der Waals surface area contributed by atoms with E-state index in [2.05, 4.69) is 6.92 Å². The van der Waals surface area contributed by atoms with Crippen LogP contribution in [0.5, 0.6) is 0 Å². The summed E-state index contributed by atoms with van der Waals surface area (Å²) in [7, 11) is -1.80. The molecule has 0 saturated heterocycles. The summed E-state index contributed by atoms with van der Waals surface area (Å²) in [4.78, 5) is 9.66. The molecule has 0 aliphatic carbocycles. The zero-order chi connectivity index (χ0) is 9.40. The molecule has 0 aliphatic rings. The van der Waals surface area contributed by atoms with E-state index in [1.807, 2.05) is 13.8 Å². The number of hydrogen-bond donors (Lipinski definition) is 1. The first-order valence-electron chi connectivity index (χ1n) is 4.67. The first-order valence-corrected chi connectivity index (χ1v) is 6.67. The van der Waals surface area contributed by atoms with Crippen LogP contribution in [-0.4, -0.2) is 33.0 Å². The first kappa shape index (κ1) is 12.1. The molecule has 0 heterocycles. The molecular weight excluding hydrogens is 172 g/mol. The SMILES string of the molecule is CCC[SiH](O)C(OCC)OCC. The molecule has 0 fully saturated rings. The summed E-state index contributed by atoms with van der Waals surface area (Å²) in [6, 6.07) is 0.866. The van der Waals surface area contributed by atoms with Crippen molar-refractivity contribution < 1.29 is 14.3 Å². The lowest BCUT2D eigenvalue weighted by Gasteiger charge is -2.20. The molecule has 0 spiro atoms. The van der Waals surface area contributed by atoms with E-state index in [1.165, 1.54) is 0 Å². The van der Waals surface area contributed by atoms with Gasteiger partial charge in [-0.15, -0.1) is 0 Å². The normalized spacial score (nSPS) is 13.8. The standard InChI is InChI=1S/C8H20O3Si/c1-4-7-12(9)8(10-5-2)11-6-3/h8-9,12H,4-7H2,1-3H3. The Balaban J connectivity index is 3.72. The third-order valence-corrected chi connectivity index (χ3v) is 3.74. The number of ether oxygens (including phenoxy) is 2. The van der Waals surface area contributed by atoms with Crippen molar-refractivity contribution in [2.75, 3.05) is 13.2 Å². The second-order valence-electron chi connectivity index (χ2n) is 2.64. The monoisotopic (exact) mass is 192 g/mol. The molecule has 0 saturated carbocycles. The van der Waals surface area contributed by atoms with E-state index in [4.69, 9.17) is 9.47 Å². The zero-order valence-corrected chi connectivity index (χ0v) is 9.40. The molecule has 3 nitrogen and oxygen atoms in total. The Kier molecular flexibility index (Phi) is 7.79. The number of hydrogen-bond acceptors (Lipinski definition) is 3. The Hall–Kier alpha value is 0.0969. The van der Waals surface area contributed by atoms with Crippen LogP contribution >= 0.6 is 0 Å². The largest absolute Gasteiger partial charge is 0.429 e. The van der Waals surface area contributed by atoms with Crippen molar-refractivity contribution in [2.45, 2.75) is 39.1 Å². The highest BCUT2D eigenvalue weighted by molar-refractivity contribution is 6.51. The van der Waals surface area contributed by atoms with Gasteiger partial charge in [0.2, 0.25) is 9.04 Å². The van der Waals surface area contributed by atoms with Gasteiger partial charge in [-0.1, -0.05) is 13.3 Å². The van der Waals surface area contributed by atoms with Gasteiger partial charge >= 0.3 is 0 Å². The van der Waals surface area contributed by atoms with Gasteiger partial charge in [0.1, 0.15) is 0 Å². The molecule has 0 aromatic carbocycles. The molecule has 1 atom stereocenters. The van der Waals surface area contributed by atoms with Gasteiger partial charge in [0.15, 0.2) is 5.91 Å². The molecule has 4 heteroatoms. The van der Waals surface area contributed by atoms with E-state index in [0.717, 1.165) is 12.5 Å². The summed E-state index contributed by atoms with van der Waals surface area (Å²) in [6.45, 7) is 7.11. The van der Waals surface area contributed by atoms with Gasteiger partial charge in [-0.2, -0.15) is 0 Å². The Morgan fingerprint density at radius 1 is 1.17 bits per heavy atom. The summed E-state index contributed by atoms with van der Waals surface area (Å²) in [5.74, 6) is -0.306. The van der Waals surface area contributed by atoms with Crippen LogP contribution in [0.1, 0.15) is 27.2 Å². The lowest BCUT2D eigenvalue weighted by molar-refractivity contribution is -0.0919. The van der Waals surface area contributed by atoms with Crippen LogP contribution in [-0.2, 0) is 9.47 Å². The smallest absolute Gasteiger partial charge is 0.234 e. The van der Waals surface area contributed by atoms with Crippen LogP contribution in [0.4, 0.5) is 0 Å². The van der Waals surface area contributed by atoms with Gasteiger partial charge in [0, 0.05) is 13.2 Å². The third-order valence-electron chi connectivity index (χ3n) is 1.56. The Morgan fingerprint density at radius 3 is 2.00 bits per heavy atom. The molecule has 74 valence electrons. The van der Waals surface area contributed by atoms with Crippen LogP contribution in [0.25, 0.3) is 0 Å². The third kappa shape index (κ3) is 4.87. The Bertz CT molecular complexity index is 94.3. The van der Waals surface area contributed by atoms with Gasteiger partial charge < -0.3 is 14.3 Å². The van der Waals surface area contributed by atoms with Crippen molar-refractivity contribution in [3.8, 4) is 0 Å².